The van der Waals surface area contributed by atoms with Crippen molar-refractivity contribution in [3.63, 3.8) is 0 Å². The minimum Gasteiger partial charge on any atom is -0.497 e. The third-order valence-electron chi connectivity index (χ3n) is 8.93. The molecule has 2 atom stereocenters. The molecule has 48 heavy (non-hydrogen) atoms. The second-order valence-corrected chi connectivity index (χ2v) is 14.2. The highest BCUT2D eigenvalue weighted by Gasteiger charge is 2.63. The molecule has 2 aliphatic rings. The van der Waals surface area contributed by atoms with Crippen molar-refractivity contribution in [3.05, 3.63) is 111 Å². The summed E-state index contributed by atoms with van der Waals surface area (Å²) in [6.07, 6.45) is 0.255. The maximum atomic E-state index is 15.6. The fourth-order valence-electron chi connectivity index (χ4n) is 6.69. The van der Waals surface area contributed by atoms with Crippen molar-refractivity contribution >= 4 is 50.7 Å². The van der Waals surface area contributed by atoms with E-state index in [-0.39, 0.29) is 62.1 Å². The molecule has 2 aliphatic heterocycles. The summed E-state index contributed by atoms with van der Waals surface area (Å²) in [5, 5.41) is 0.328. The van der Waals surface area contributed by atoms with Crippen molar-refractivity contribution in [1.82, 2.24) is 9.80 Å². The first-order valence-corrected chi connectivity index (χ1v) is 17.1. The van der Waals surface area contributed by atoms with Crippen LogP contribution < -0.4 is 18.5 Å². The minimum atomic E-state index is -4.71. The summed E-state index contributed by atoms with van der Waals surface area (Å²) < 4.78 is 46.8. The van der Waals surface area contributed by atoms with E-state index in [1.54, 1.807) is 43.3 Å². The molecule has 4 aromatic rings. The van der Waals surface area contributed by atoms with E-state index in [0.29, 0.717) is 5.75 Å². The number of anilines is 1. The molecule has 1 unspecified atom stereocenters. The first kappa shape index (κ1) is 33.6. The second-order valence-electron chi connectivity index (χ2n) is 11.6. The number of methoxy groups -OCH3 is 3. The standard InChI is InChI=1S/C35H33Cl2N3O7S/c1-38(2)33(41)29-16-21-10-6-7-11-22(21)20-39(29)35(24-12-8-9-13-26(24)36)25-18-27(37)30(46-4)19-28(25)40(34(35)42)48(43,44)32-15-14-23(45-3)17-31(32)47-5/h6-15,17-19,29H,16,20H2,1-5H3/t29-,35?/m0/s1. The maximum Gasteiger partial charge on any atom is 0.274 e. The molecular weight excluding hydrogens is 677 g/mol. The number of sulfonamides is 1. The molecule has 0 aromatic heterocycles. The lowest BCUT2D eigenvalue weighted by molar-refractivity contribution is -0.141. The van der Waals surface area contributed by atoms with Gasteiger partial charge in [0.25, 0.3) is 15.9 Å². The summed E-state index contributed by atoms with van der Waals surface area (Å²) in [4.78, 5) is 32.6. The minimum absolute atomic E-state index is 0.00560. The lowest BCUT2D eigenvalue weighted by Crippen LogP contribution is -2.62. The highest BCUT2D eigenvalue weighted by atomic mass is 35.5. The third kappa shape index (κ3) is 5.07. The largest absolute Gasteiger partial charge is 0.497 e. The van der Waals surface area contributed by atoms with Crippen molar-refractivity contribution < 1.29 is 32.2 Å². The number of carbonyl (C=O) groups excluding carboxylic acids is 2. The number of likely N-dealkylation sites (N-methyl/N-ethyl adjacent to an activating group) is 1. The first-order valence-electron chi connectivity index (χ1n) is 14.9. The Hall–Kier alpha value is -4.29. The summed E-state index contributed by atoms with van der Waals surface area (Å²) >= 11 is 13.7. The van der Waals surface area contributed by atoms with Gasteiger partial charge in [-0.2, -0.15) is 4.31 Å². The smallest absolute Gasteiger partial charge is 0.274 e. The molecule has 13 heteroatoms. The molecule has 0 fully saturated rings. The summed E-state index contributed by atoms with van der Waals surface area (Å²) in [6.45, 7) is 0.111. The molecule has 2 heterocycles. The molecule has 4 aromatic carbocycles. The number of ether oxygens (including phenoxy) is 3. The molecule has 0 radical (unpaired) electrons. The molecule has 250 valence electrons. The van der Waals surface area contributed by atoms with Gasteiger partial charge >= 0.3 is 0 Å². The predicted octanol–water partition coefficient (Wildman–Crippen LogP) is 5.51. The monoisotopic (exact) mass is 709 g/mol. The third-order valence-corrected chi connectivity index (χ3v) is 11.3. The number of fused-ring (bicyclic) bond motifs is 2. The topological polar surface area (TPSA) is 106 Å². The fourth-order valence-corrected chi connectivity index (χ4v) is 8.80. The summed E-state index contributed by atoms with van der Waals surface area (Å²) in [7, 11) is 2.73. The van der Waals surface area contributed by atoms with Crippen LogP contribution in [-0.2, 0) is 38.1 Å². The van der Waals surface area contributed by atoms with Crippen LogP contribution in [0.25, 0.3) is 0 Å². The Balaban J connectivity index is 1.72. The highest BCUT2D eigenvalue weighted by molar-refractivity contribution is 7.93. The Morgan fingerprint density at radius 1 is 0.833 bits per heavy atom. The van der Waals surface area contributed by atoms with Crippen molar-refractivity contribution in [2.24, 2.45) is 0 Å². The van der Waals surface area contributed by atoms with Gasteiger partial charge < -0.3 is 19.1 Å². The number of nitrogens with zero attached hydrogens (tertiary/aromatic N) is 3. The number of benzene rings is 4. The number of amides is 2. The average Bonchev–Trinajstić information content (AvgIpc) is 3.34. The van der Waals surface area contributed by atoms with E-state index in [4.69, 9.17) is 37.4 Å². The van der Waals surface area contributed by atoms with Gasteiger partial charge in [0.1, 0.15) is 22.1 Å². The zero-order valence-electron chi connectivity index (χ0n) is 26.9. The Morgan fingerprint density at radius 3 is 2.15 bits per heavy atom. The molecule has 2 amide bonds. The van der Waals surface area contributed by atoms with Crippen LogP contribution in [-0.4, -0.2) is 71.5 Å². The summed E-state index contributed by atoms with van der Waals surface area (Å²) in [5.41, 5.74) is 0.370. The molecule has 0 spiro atoms. The predicted molar refractivity (Wildman–Crippen MR) is 183 cm³/mol. The van der Waals surface area contributed by atoms with Gasteiger partial charge in [-0.3, -0.25) is 14.5 Å². The van der Waals surface area contributed by atoms with E-state index in [0.717, 1.165) is 15.4 Å². The maximum absolute atomic E-state index is 15.6. The molecule has 0 saturated carbocycles. The van der Waals surface area contributed by atoms with Gasteiger partial charge in [-0.05, 0) is 41.8 Å². The number of carbonyl (C=O) groups is 2. The van der Waals surface area contributed by atoms with E-state index < -0.39 is 27.5 Å². The molecular formula is C35H33Cl2N3O7S. The van der Waals surface area contributed by atoms with Crippen LogP contribution in [0.5, 0.6) is 17.2 Å². The van der Waals surface area contributed by atoms with Gasteiger partial charge in [0.05, 0.1) is 38.1 Å². The Kier molecular flexibility index (Phi) is 8.84. The Bertz CT molecular complexity index is 2060. The van der Waals surface area contributed by atoms with E-state index in [2.05, 4.69) is 0 Å². The molecule has 10 nitrogen and oxygen atoms in total. The number of rotatable bonds is 8. The van der Waals surface area contributed by atoms with Gasteiger partial charge in [-0.25, -0.2) is 8.42 Å². The number of hydrogen-bond acceptors (Lipinski definition) is 8. The highest BCUT2D eigenvalue weighted by Crippen LogP contribution is 2.56. The van der Waals surface area contributed by atoms with Crippen LogP contribution in [0.15, 0.2) is 83.8 Å². The van der Waals surface area contributed by atoms with Crippen molar-refractivity contribution in [2.45, 2.75) is 29.4 Å². The van der Waals surface area contributed by atoms with Crippen LogP contribution >= 0.6 is 23.2 Å². The van der Waals surface area contributed by atoms with Crippen LogP contribution in [0.2, 0.25) is 10.0 Å². The van der Waals surface area contributed by atoms with E-state index in [1.165, 1.54) is 56.6 Å². The summed E-state index contributed by atoms with van der Waals surface area (Å²) in [6, 6.07) is 20.6. The van der Waals surface area contributed by atoms with Crippen LogP contribution in [0.3, 0.4) is 0 Å². The fraction of sp³-hybridized carbons (Fsp3) is 0.257. The SMILES string of the molecule is COc1ccc(S(=O)(=O)N2C(=O)C(c3ccccc3Cl)(N3Cc4ccccc4C[C@H]3C(=O)N(C)C)c3cc(Cl)c(OC)cc32)c(OC)c1. The molecule has 0 saturated heterocycles. The summed E-state index contributed by atoms with van der Waals surface area (Å²) in [5.74, 6) is -0.681. The van der Waals surface area contributed by atoms with Gasteiger partial charge in [0.15, 0.2) is 5.54 Å². The van der Waals surface area contributed by atoms with Crippen LogP contribution in [0.1, 0.15) is 22.3 Å². The molecule has 0 aliphatic carbocycles. The lowest BCUT2D eigenvalue weighted by Gasteiger charge is -2.47. The van der Waals surface area contributed by atoms with Crippen molar-refractivity contribution in [3.8, 4) is 17.2 Å². The van der Waals surface area contributed by atoms with Gasteiger partial charge in [-0.15, -0.1) is 0 Å². The van der Waals surface area contributed by atoms with Crippen LogP contribution in [0.4, 0.5) is 5.69 Å². The normalized spacial score (nSPS) is 19.0. The van der Waals surface area contributed by atoms with Crippen molar-refractivity contribution in [2.75, 3.05) is 39.7 Å². The molecule has 0 N–H and O–H groups in total. The molecule has 0 bridgehead atoms. The quantitative estimate of drug-likeness (QED) is 0.236. The zero-order chi connectivity index (χ0) is 34.5. The van der Waals surface area contributed by atoms with Gasteiger partial charge in [-0.1, -0.05) is 65.7 Å². The van der Waals surface area contributed by atoms with E-state index in [9.17, 15) is 13.2 Å². The van der Waals surface area contributed by atoms with Crippen LogP contribution in [0, 0.1) is 0 Å². The average molecular weight is 711 g/mol. The van der Waals surface area contributed by atoms with Gasteiger partial charge in [0.2, 0.25) is 5.91 Å². The van der Waals surface area contributed by atoms with Crippen molar-refractivity contribution in [1.29, 1.82) is 0 Å². The second kappa shape index (κ2) is 12.6. The molecule has 6 rings (SSSR count). The number of hydrogen-bond donors (Lipinski definition) is 0. The Labute approximate surface area is 289 Å². The zero-order valence-corrected chi connectivity index (χ0v) is 29.2. The van der Waals surface area contributed by atoms with Gasteiger partial charge in [0, 0.05) is 48.9 Å². The van der Waals surface area contributed by atoms with E-state index in [1.807, 2.05) is 24.3 Å². The first-order chi connectivity index (χ1) is 22.9. The van der Waals surface area contributed by atoms with E-state index >= 15 is 4.79 Å². The Morgan fingerprint density at radius 2 is 1.50 bits per heavy atom. The number of halogens is 2. The lowest BCUT2D eigenvalue weighted by atomic mass is 9.78.